The van der Waals surface area contributed by atoms with Crippen LogP contribution in [-0.2, 0) is 4.57 Å². The van der Waals surface area contributed by atoms with E-state index in [1.165, 1.54) is 61.3 Å². The Bertz CT molecular complexity index is 305. The fourth-order valence-electron chi connectivity index (χ4n) is 2.68. The highest BCUT2D eigenvalue weighted by Crippen LogP contribution is 2.04. The quantitative estimate of drug-likeness (QED) is 0.429. The third-order valence-electron chi connectivity index (χ3n) is 5.37. The summed E-state index contributed by atoms with van der Waals surface area (Å²) in [6.45, 7) is 28.4. The summed E-state index contributed by atoms with van der Waals surface area (Å²) in [6.07, 6.45) is 0. The molecule has 0 atom stereocenters. The van der Waals surface area contributed by atoms with E-state index in [0.717, 1.165) is 4.48 Å². The summed E-state index contributed by atoms with van der Waals surface area (Å²) in [5, 5.41) is 0. The monoisotopic (exact) mass is 429 g/mol. The fourth-order valence-corrected chi connectivity index (χ4v) is 2.68. The Morgan fingerprint density at radius 3 is 0.571 bits per heavy atom. The highest BCUT2D eigenvalue weighted by molar-refractivity contribution is 7.40. The number of hydrogen-bond acceptors (Lipinski definition) is 4. The summed E-state index contributed by atoms with van der Waals surface area (Å²) in [5.41, 5.74) is 0. The van der Waals surface area contributed by atoms with Crippen molar-refractivity contribution in [2.45, 2.75) is 55.4 Å². The Hall–Kier alpha value is -0.0100. The Morgan fingerprint density at radius 1 is 0.500 bits per heavy atom. The molecule has 8 heteroatoms. The minimum atomic E-state index is -5.39. The van der Waals surface area contributed by atoms with Gasteiger partial charge in [-0.25, -0.2) is 0 Å². The summed E-state index contributed by atoms with van der Waals surface area (Å²) >= 11 is 0. The van der Waals surface area contributed by atoms with Crippen LogP contribution >= 0.6 is 7.82 Å². The van der Waals surface area contributed by atoms with E-state index in [0.29, 0.717) is 0 Å². The number of rotatable bonds is 8. The second-order valence-electron chi connectivity index (χ2n) is 8.34. The molecule has 176 valence electrons. The van der Waals surface area contributed by atoms with Crippen molar-refractivity contribution in [2.75, 3.05) is 80.5 Å². The summed E-state index contributed by atoms with van der Waals surface area (Å²) in [7, 11) is 3.11. The summed E-state index contributed by atoms with van der Waals surface area (Å²) in [4.78, 5) is 25.6. The first-order valence-corrected chi connectivity index (χ1v) is 12.2. The smallest absolute Gasteiger partial charge is 0.0757 e. The minimum Gasteiger partial charge on any atom is -0.822 e. The molecule has 7 nitrogen and oxygen atoms in total. The number of nitrogens with zero attached hydrogens (tertiary/aromatic N) is 3. The lowest BCUT2D eigenvalue weighted by Crippen LogP contribution is -2.47. The van der Waals surface area contributed by atoms with E-state index in [1.807, 2.05) is 0 Å². The molecule has 0 aliphatic rings. The zero-order valence-electron chi connectivity index (χ0n) is 21.1. The maximum absolute atomic E-state index is 8.55. The van der Waals surface area contributed by atoms with Gasteiger partial charge in [0, 0.05) is 0 Å². The SMILES string of the molecule is CC[N+](CC)(CC)CC.CC[N+](CC)(CC)CC.C[N+](C)(C)C.O=P([O-])([O-])[O-]. The largest absolute Gasteiger partial charge is 0.822 e. The fraction of sp³-hybridized carbons (Fsp3) is 1.00. The third kappa shape index (κ3) is 28.2. The van der Waals surface area contributed by atoms with Gasteiger partial charge in [0.1, 0.15) is 0 Å². The zero-order chi connectivity index (χ0) is 23.7. The van der Waals surface area contributed by atoms with Gasteiger partial charge in [-0.1, -0.05) is 0 Å². The van der Waals surface area contributed by atoms with E-state index in [4.69, 9.17) is 19.2 Å². The Labute approximate surface area is 177 Å². The van der Waals surface area contributed by atoms with Gasteiger partial charge in [0.15, 0.2) is 0 Å². The van der Waals surface area contributed by atoms with Crippen LogP contribution in [0.15, 0.2) is 0 Å². The molecule has 0 aromatic rings. The lowest BCUT2D eigenvalue weighted by molar-refractivity contribution is -0.921. The molecule has 0 fully saturated rings. The van der Waals surface area contributed by atoms with E-state index in [-0.39, 0.29) is 0 Å². The first kappa shape index (κ1) is 35.4. The normalized spacial score (nSPS) is 12.0. The van der Waals surface area contributed by atoms with Crippen molar-refractivity contribution < 1.29 is 32.7 Å². The third-order valence-corrected chi connectivity index (χ3v) is 5.37. The molecule has 0 aliphatic heterocycles. The highest BCUT2D eigenvalue weighted by Gasteiger charge is 2.16. The molecule has 0 amide bonds. The van der Waals surface area contributed by atoms with Crippen LogP contribution in [0.4, 0.5) is 0 Å². The molecule has 0 rings (SSSR count). The second-order valence-corrected chi connectivity index (χ2v) is 9.24. The molecule has 0 saturated heterocycles. The molecular formula is C20H52N3O4P. The van der Waals surface area contributed by atoms with Gasteiger partial charge in [-0.05, 0) is 55.4 Å². The van der Waals surface area contributed by atoms with Crippen LogP contribution in [0.3, 0.4) is 0 Å². The predicted molar refractivity (Wildman–Crippen MR) is 116 cm³/mol. The van der Waals surface area contributed by atoms with Crippen LogP contribution < -0.4 is 14.7 Å². The maximum Gasteiger partial charge on any atom is 0.0757 e. The van der Waals surface area contributed by atoms with Crippen molar-refractivity contribution in [1.82, 2.24) is 0 Å². The predicted octanol–water partition coefficient (Wildman–Crippen LogP) is 1.26. The van der Waals surface area contributed by atoms with Gasteiger partial charge >= 0.3 is 0 Å². The van der Waals surface area contributed by atoms with Crippen molar-refractivity contribution in [2.24, 2.45) is 0 Å². The average molecular weight is 430 g/mol. The molecule has 0 aromatic carbocycles. The standard InChI is InChI=1S/2C8H20N.C4H12N.H3O4P/c2*1-5-9(6-2,7-3)8-4;2*1-5(2,3)4/h2*5-8H2,1-4H3;1-4H3;(H3,1,2,3,4)/q3*+1;/p-3. The van der Waals surface area contributed by atoms with Gasteiger partial charge in [0.05, 0.1) is 80.5 Å². The van der Waals surface area contributed by atoms with Gasteiger partial charge in [0.25, 0.3) is 0 Å². The van der Waals surface area contributed by atoms with Crippen molar-refractivity contribution in [3.8, 4) is 0 Å². The average Bonchev–Trinajstić information content (AvgIpc) is 2.58. The van der Waals surface area contributed by atoms with E-state index < -0.39 is 7.82 Å². The number of hydrogen-bond donors (Lipinski definition) is 0. The molecular weight excluding hydrogens is 377 g/mol. The van der Waals surface area contributed by atoms with Crippen LogP contribution in [0.1, 0.15) is 55.4 Å². The molecule has 0 spiro atoms. The van der Waals surface area contributed by atoms with E-state index in [1.54, 1.807) is 0 Å². The zero-order valence-corrected chi connectivity index (χ0v) is 22.0. The molecule has 0 unspecified atom stereocenters. The molecule has 28 heavy (non-hydrogen) atoms. The second kappa shape index (κ2) is 17.8. The van der Waals surface area contributed by atoms with Crippen molar-refractivity contribution in [1.29, 1.82) is 0 Å². The van der Waals surface area contributed by atoms with Gasteiger partial charge in [0.2, 0.25) is 0 Å². The topological polar surface area (TPSA) is 86.2 Å². The van der Waals surface area contributed by atoms with Gasteiger partial charge in [-0.2, -0.15) is 7.82 Å². The van der Waals surface area contributed by atoms with Crippen molar-refractivity contribution in [3.05, 3.63) is 0 Å². The van der Waals surface area contributed by atoms with Gasteiger partial charge in [-0.15, -0.1) is 0 Å². The first-order chi connectivity index (χ1) is 12.5. The number of quaternary nitrogens is 3. The Balaban J connectivity index is -0.000000143. The Kier molecular flexibility index (Phi) is 22.5. The molecule has 0 aromatic heterocycles. The van der Waals surface area contributed by atoms with Crippen molar-refractivity contribution in [3.63, 3.8) is 0 Å². The van der Waals surface area contributed by atoms with Crippen LogP contribution in [0, 0.1) is 0 Å². The van der Waals surface area contributed by atoms with Crippen LogP contribution in [-0.4, -0.2) is 94.0 Å². The maximum atomic E-state index is 8.55. The van der Waals surface area contributed by atoms with E-state index in [2.05, 4.69) is 83.6 Å². The molecule has 0 N–H and O–H groups in total. The lowest BCUT2D eigenvalue weighted by Gasteiger charge is -2.36. The Morgan fingerprint density at radius 2 is 0.571 bits per heavy atom. The number of phosphoric acid groups is 1. The molecule has 0 radical (unpaired) electrons. The van der Waals surface area contributed by atoms with Crippen LogP contribution in [0.5, 0.6) is 0 Å². The molecule has 0 bridgehead atoms. The molecule has 0 heterocycles. The van der Waals surface area contributed by atoms with E-state index >= 15 is 0 Å². The lowest BCUT2D eigenvalue weighted by atomic mass is 10.3. The van der Waals surface area contributed by atoms with E-state index in [9.17, 15) is 0 Å². The van der Waals surface area contributed by atoms with Gasteiger partial charge < -0.3 is 32.7 Å². The van der Waals surface area contributed by atoms with Gasteiger partial charge in [-0.3, -0.25) is 0 Å². The minimum absolute atomic E-state index is 1.00. The molecule has 0 aliphatic carbocycles. The van der Waals surface area contributed by atoms with Crippen LogP contribution in [0.25, 0.3) is 0 Å². The van der Waals surface area contributed by atoms with Crippen molar-refractivity contribution >= 4 is 7.82 Å². The summed E-state index contributed by atoms with van der Waals surface area (Å²) in [5.74, 6) is 0. The first-order valence-electron chi connectivity index (χ1n) is 10.7. The summed E-state index contributed by atoms with van der Waals surface area (Å²) in [6, 6.07) is 0. The highest BCUT2D eigenvalue weighted by atomic mass is 31.2. The van der Waals surface area contributed by atoms with Crippen LogP contribution in [0.2, 0.25) is 0 Å². The molecule has 0 saturated carbocycles. The summed E-state index contributed by atoms with van der Waals surface area (Å²) < 4.78 is 12.1.